The molecule has 4 aromatic rings. The number of rotatable bonds is 7. The molecule has 0 spiro atoms. The first-order valence-corrected chi connectivity index (χ1v) is 10.5. The van der Waals surface area contributed by atoms with Gasteiger partial charge >= 0.3 is 5.69 Å². The van der Waals surface area contributed by atoms with Crippen LogP contribution >= 0.6 is 11.3 Å². The summed E-state index contributed by atoms with van der Waals surface area (Å²) in [4.78, 5) is 43.9. The first-order valence-electron chi connectivity index (χ1n) is 9.63. The maximum absolute atomic E-state index is 13.2. The van der Waals surface area contributed by atoms with E-state index in [0.29, 0.717) is 5.56 Å². The highest BCUT2D eigenvalue weighted by atomic mass is 32.1. The molecule has 4 rings (SSSR count). The highest BCUT2D eigenvalue weighted by molar-refractivity contribution is 7.14. The Hall–Kier alpha value is -4.18. The summed E-state index contributed by atoms with van der Waals surface area (Å²) in [6.45, 7) is 0. The van der Waals surface area contributed by atoms with Gasteiger partial charge in [-0.3, -0.25) is 9.59 Å². The van der Waals surface area contributed by atoms with Crippen LogP contribution in [0.25, 0.3) is 11.3 Å². The lowest BCUT2D eigenvalue weighted by Gasteiger charge is -2.18. The van der Waals surface area contributed by atoms with Crippen LogP contribution in [-0.2, 0) is 11.2 Å². The summed E-state index contributed by atoms with van der Waals surface area (Å²) in [7, 11) is 0. The second-order valence-electron chi connectivity index (χ2n) is 6.96. The SMILES string of the molecule is NC(=O)c1csc(NC(=O)[C@H](Cc2ccccc2)n2c(O)c(-c3ccccc3)[nH]c2=O)n1. The summed E-state index contributed by atoms with van der Waals surface area (Å²) in [6, 6.07) is 16.9. The fraction of sp³-hybridized carbons (Fsp3) is 0.0909. The van der Waals surface area contributed by atoms with Gasteiger partial charge in [-0.15, -0.1) is 11.3 Å². The minimum absolute atomic E-state index is 0.0259. The van der Waals surface area contributed by atoms with Crippen LogP contribution in [0.4, 0.5) is 5.13 Å². The largest absolute Gasteiger partial charge is 0.493 e. The average Bonchev–Trinajstić information content (AvgIpc) is 3.38. The molecule has 0 aliphatic heterocycles. The molecule has 0 radical (unpaired) electrons. The number of nitrogens with two attached hydrogens (primary N) is 1. The number of aromatic hydroxyl groups is 1. The number of aromatic nitrogens is 3. The Bertz CT molecular complexity index is 1310. The van der Waals surface area contributed by atoms with Crippen molar-refractivity contribution >= 4 is 28.3 Å². The zero-order valence-electron chi connectivity index (χ0n) is 16.7. The van der Waals surface area contributed by atoms with Gasteiger partial charge in [-0.05, 0) is 5.56 Å². The minimum Gasteiger partial charge on any atom is -0.493 e. The van der Waals surface area contributed by atoms with Gasteiger partial charge in [-0.1, -0.05) is 60.7 Å². The number of anilines is 1. The van der Waals surface area contributed by atoms with Gasteiger partial charge in [0.25, 0.3) is 5.91 Å². The predicted octanol–water partition coefficient (Wildman–Crippen LogP) is 2.53. The Morgan fingerprint density at radius 3 is 2.41 bits per heavy atom. The van der Waals surface area contributed by atoms with Crippen LogP contribution in [0.15, 0.2) is 70.8 Å². The summed E-state index contributed by atoms with van der Waals surface area (Å²) < 4.78 is 1.02. The van der Waals surface area contributed by atoms with Gasteiger partial charge in [-0.25, -0.2) is 14.3 Å². The van der Waals surface area contributed by atoms with E-state index in [0.717, 1.165) is 21.5 Å². The molecule has 9 nitrogen and oxygen atoms in total. The number of thiazole rings is 1. The second-order valence-corrected chi connectivity index (χ2v) is 7.82. The molecule has 2 aromatic heterocycles. The van der Waals surface area contributed by atoms with Crippen LogP contribution in [0.2, 0.25) is 0 Å². The Labute approximate surface area is 186 Å². The van der Waals surface area contributed by atoms with Crippen molar-refractivity contribution in [3.8, 4) is 17.1 Å². The molecule has 2 amide bonds. The molecule has 32 heavy (non-hydrogen) atoms. The third-order valence-electron chi connectivity index (χ3n) is 4.84. The van der Waals surface area contributed by atoms with Crippen LogP contribution < -0.4 is 16.7 Å². The highest BCUT2D eigenvalue weighted by Gasteiger charge is 2.28. The smallest absolute Gasteiger partial charge is 0.329 e. The minimum atomic E-state index is -1.08. The summed E-state index contributed by atoms with van der Waals surface area (Å²) in [5.41, 5.74) is 6.22. The van der Waals surface area contributed by atoms with Crippen molar-refractivity contribution in [2.75, 3.05) is 5.32 Å². The van der Waals surface area contributed by atoms with E-state index in [-0.39, 0.29) is 28.8 Å². The van der Waals surface area contributed by atoms with E-state index >= 15 is 0 Å². The molecule has 162 valence electrons. The van der Waals surface area contributed by atoms with E-state index in [4.69, 9.17) is 5.73 Å². The quantitative estimate of drug-likeness (QED) is 0.343. The van der Waals surface area contributed by atoms with E-state index in [9.17, 15) is 19.5 Å². The van der Waals surface area contributed by atoms with Gasteiger partial charge in [0.15, 0.2) is 5.13 Å². The fourth-order valence-corrected chi connectivity index (χ4v) is 4.01. The number of nitrogens with one attached hydrogen (secondary N) is 2. The molecule has 0 fully saturated rings. The Balaban J connectivity index is 1.73. The average molecular weight is 449 g/mol. The van der Waals surface area contributed by atoms with Crippen molar-refractivity contribution in [1.82, 2.24) is 14.5 Å². The number of carbonyl (C=O) groups is 2. The van der Waals surface area contributed by atoms with Crippen molar-refractivity contribution < 1.29 is 14.7 Å². The molecule has 2 heterocycles. The lowest BCUT2D eigenvalue weighted by molar-refractivity contribution is -0.119. The maximum atomic E-state index is 13.2. The fourth-order valence-electron chi connectivity index (χ4n) is 3.31. The van der Waals surface area contributed by atoms with Gasteiger partial charge in [-0.2, -0.15) is 0 Å². The number of nitrogens with zero attached hydrogens (tertiary/aromatic N) is 2. The summed E-state index contributed by atoms with van der Waals surface area (Å²) in [5, 5.41) is 15.1. The highest BCUT2D eigenvalue weighted by Crippen LogP contribution is 2.30. The molecule has 0 aliphatic rings. The monoisotopic (exact) mass is 449 g/mol. The molecule has 0 aliphatic carbocycles. The van der Waals surface area contributed by atoms with E-state index in [2.05, 4.69) is 15.3 Å². The van der Waals surface area contributed by atoms with Gasteiger partial charge in [0.2, 0.25) is 11.8 Å². The molecular formula is C22H19N5O4S. The molecule has 0 bridgehead atoms. The number of hydrogen-bond donors (Lipinski definition) is 4. The Kier molecular flexibility index (Phi) is 5.86. The molecule has 0 saturated carbocycles. The number of hydrogen-bond acceptors (Lipinski definition) is 6. The van der Waals surface area contributed by atoms with Crippen molar-refractivity contribution in [2.45, 2.75) is 12.5 Å². The third kappa shape index (κ3) is 4.30. The van der Waals surface area contributed by atoms with Crippen LogP contribution in [0.5, 0.6) is 5.88 Å². The Morgan fingerprint density at radius 1 is 1.12 bits per heavy atom. The van der Waals surface area contributed by atoms with Crippen molar-refractivity contribution in [2.24, 2.45) is 5.73 Å². The van der Waals surface area contributed by atoms with E-state index in [1.807, 2.05) is 36.4 Å². The lowest BCUT2D eigenvalue weighted by Crippen LogP contribution is -2.33. The van der Waals surface area contributed by atoms with Crippen LogP contribution in [-0.4, -0.2) is 31.5 Å². The number of carbonyl (C=O) groups excluding carboxylic acids is 2. The number of primary amides is 1. The molecule has 2 aromatic carbocycles. The van der Waals surface area contributed by atoms with Crippen LogP contribution in [0, 0.1) is 0 Å². The van der Waals surface area contributed by atoms with Crippen LogP contribution in [0.1, 0.15) is 22.1 Å². The number of H-pyrrole nitrogens is 1. The molecular weight excluding hydrogens is 430 g/mol. The van der Waals surface area contributed by atoms with E-state index in [1.165, 1.54) is 5.38 Å². The van der Waals surface area contributed by atoms with Crippen molar-refractivity contribution in [1.29, 1.82) is 0 Å². The summed E-state index contributed by atoms with van der Waals surface area (Å²) in [6.07, 6.45) is 0.139. The van der Waals surface area contributed by atoms with Gasteiger partial charge in [0.05, 0.1) is 0 Å². The summed E-state index contributed by atoms with van der Waals surface area (Å²) in [5.74, 6) is -1.64. The number of imidazole rings is 1. The molecule has 1 atom stereocenters. The predicted molar refractivity (Wildman–Crippen MR) is 121 cm³/mol. The van der Waals surface area contributed by atoms with Crippen molar-refractivity contribution in [3.63, 3.8) is 0 Å². The van der Waals surface area contributed by atoms with Gasteiger partial charge in [0, 0.05) is 17.4 Å². The van der Waals surface area contributed by atoms with Gasteiger partial charge in [0.1, 0.15) is 17.4 Å². The summed E-state index contributed by atoms with van der Waals surface area (Å²) >= 11 is 1.03. The zero-order valence-corrected chi connectivity index (χ0v) is 17.5. The number of aromatic amines is 1. The number of benzene rings is 2. The third-order valence-corrected chi connectivity index (χ3v) is 5.60. The topological polar surface area (TPSA) is 143 Å². The Morgan fingerprint density at radius 2 is 1.78 bits per heavy atom. The molecule has 0 unspecified atom stereocenters. The zero-order chi connectivity index (χ0) is 22.7. The van der Waals surface area contributed by atoms with Crippen molar-refractivity contribution in [3.05, 3.63) is 87.8 Å². The van der Waals surface area contributed by atoms with Gasteiger partial charge < -0.3 is 21.1 Å². The lowest BCUT2D eigenvalue weighted by atomic mass is 10.0. The van der Waals surface area contributed by atoms with E-state index in [1.54, 1.807) is 24.3 Å². The van der Waals surface area contributed by atoms with Crippen LogP contribution in [0.3, 0.4) is 0 Å². The molecule has 0 saturated heterocycles. The first-order chi connectivity index (χ1) is 15.4. The number of amides is 2. The van der Waals surface area contributed by atoms with E-state index < -0.39 is 23.5 Å². The second kappa shape index (κ2) is 8.90. The first kappa shape index (κ1) is 21.1. The molecule has 5 N–H and O–H groups in total. The standard InChI is InChI=1S/C22H19N5O4S/c23-18(28)15-12-32-21(24-15)26-19(29)16(11-13-7-3-1-4-8-13)27-20(30)17(25-22(27)31)14-9-5-2-6-10-14/h1-10,12,16,30H,11H2,(H2,23,28)(H,25,31)(H,24,26,29)/t16-/m0/s1. The maximum Gasteiger partial charge on any atom is 0.329 e. The normalized spacial score (nSPS) is 11.8. The molecule has 10 heteroatoms.